The van der Waals surface area contributed by atoms with Gasteiger partial charge in [-0.3, -0.25) is 13.6 Å². The molecule has 1 unspecified atom stereocenters. The van der Waals surface area contributed by atoms with Crippen molar-refractivity contribution in [2.75, 3.05) is 12.8 Å². The summed E-state index contributed by atoms with van der Waals surface area (Å²) in [5, 5.41) is 20.3. The summed E-state index contributed by atoms with van der Waals surface area (Å²) in [6, 6.07) is 0. The molecule has 0 spiro atoms. The van der Waals surface area contributed by atoms with Gasteiger partial charge in [-0.1, -0.05) is 0 Å². The van der Waals surface area contributed by atoms with Gasteiger partial charge >= 0.3 is 15.6 Å². The van der Waals surface area contributed by atoms with Crippen LogP contribution in [0.25, 0.3) is 11.2 Å². The number of phosphoric acid groups is 2. The number of nitrogen functional groups attached to an aromatic ring is 1. The highest BCUT2D eigenvalue weighted by molar-refractivity contribution is 7.61. The highest BCUT2D eigenvalue weighted by Gasteiger charge is 2.50. The number of hydrogen-bond acceptors (Lipinski definition) is 12. The second kappa shape index (κ2) is 7.14. The lowest BCUT2D eigenvalue weighted by Gasteiger charge is -2.21. The molecule has 5 atom stereocenters. The lowest BCUT2D eigenvalue weighted by Crippen LogP contribution is -2.32. The van der Waals surface area contributed by atoms with Crippen LogP contribution in [-0.2, 0) is 27.2 Å². The van der Waals surface area contributed by atoms with Crippen molar-refractivity contribution < 1.29 is 47.2 Å². The Hall–Kier alpha value is -1.51. The van der Waals surface area contributed by atoms with Gasteiger partial charge in [-0.05, 0) is 0 Å². The van der Waals surface area contributed by atoms with E-state index in [9.17, 15) is 19.3 Å². The largest absolute Gasteiger partial charge is 0.485 e. The van der Waals surface area contributed by atoms with Gasteiger partial charge < -0.3 is 30.5 Å². The molecule has 2 aromatic rings. The fourth-order valence-electron chi connectivity index (χ4n) is 2.35. The molecular weight excluding hydrogens is 412 g/mol. The molecule has 1 saturated heterocycles. The van der Waals surface area contributed by atoms with Crippen LogP contribution in [0, 0.1) is 0 Å². The van der Waals surface area contributed by atoms with E-state index in [4.69, 9.17) is 24.8 Å². The van der Waals surface area contributed by atoms with E-state index in [0.29, 0.717) is 0 Å². The standard InChI is InChI=1S/C10H15N5O10P2/c1-22-27(21,25-26(18,19)20)24-10-6(17)5(16)9(23-10)15-3-14-4-7(11)12-2-13-8(4)15/h2-3,5-6,9-10,16-17H,1H3,(H2,11,12,13)(H2,18,19,20)/t5-,6+,9-,10-,27?/m1/s1. The Kier molecular flexibility index (Phi) is 5.35. The van der Waals surface area contributed by atoms with Gasteiger partial charge in [-0.2, -0.15) is 4.31 Å². The lowest BCUT2D eigenvalue weighted by atomic mass is 10.2. The predicted molar refractivity (Wildman–Crippen MR) is 84.5 cm³/mol. The summed E-state index contributed by atoms with van der Waals surface area (Å²) in [5.41, 5.74) is 6.04. The Morgan fingerprint density at radius 2 is 1.93 bits per heavy atom. The van der Waals surface area contributed by atoms with Gasteiger partial charge in [0.2, 0.25) is 0 Å². The molecule has 6 N–H and O–H groups in total. The summed E-state index contributed by atoms with van der Waals surface area (Å²) in [4.78, 5) is 29.3. The summed E-state index contributed by atoms with van der Waals surface area (Å²) >= 11 is 0. The van der Waals surface area contributed by atoms with Gasteiger partial charge in [0.15, 0.2) is 24.0 Å². The van der Waals surface area contributed by atoms with Crippen molar-refractivity contribution in [3.05, 3.63) is 12.7 Å². The van der Waals surface area contributed by atoms with Crippen LogP contribution in [0.4, 0.5) is 5.82 Å². The number of imidazole rings is 1. The number of nitrogens with two attached hydrogens (primary N) is 1. The molecule has 17 heteroatoms. The van der Waals surface area contributed by atoms with Crippen LogP contribution in [0.2, 0.25) is 0 Å². The first-order valence-corrected chi connectivity index (χ1v) is 10.1. The molecule has 0 bridgehead atoms. The average molecular weight is 427 g/mol. The fraction of sp³-hybridized carbons (Fsp3) is 0.500. The molecule has 1 fully saturated rings. The molecule has 0 radical (unpaired) electrons. The molecule has 150 valence electrons. The van der Waals surface area contributed by atoms with E-state index < -0.39 is 40.4 Å². The first-order chi connectivity index (χ1) is 12.5. The van der Waals surface area contributed by atoms with Crippen LogP contribution in [0.15, 0.2) is 12.7 Å². The second-order valence-corrected chi connectivity index (χ2v) is 8.37. The van der Waals surface area contributed by atoms with E-state index in [1.807, 2.05) is 0 Å². The average Bonchev–Trinajstić information content (AvgIpc) is 3.11. The molecule has 0 amide bonds. The minimum atomic E-state index is -5.26. The van der Waals surface area contributed by atoms with Gasteiger partial charge in [0, 0.05) is 7.11 Å². The quantitative estimate of drug-likeness (QED) is 0.344. The third-order valence-electron chi connectivity index (χ3n) is 3.52. The van der Waals surface area contributed by atoms with E-state index in [2.05, 4.69) is 23.8 Å². The van der Waals surface area contributed by atoms with Gasteiger partial charge in [0.05, 0.1) is 6.33 Å². The molecular formula is C10H15N5O10P2. The minimum Gasteiger partial charge on any atom is -0.385 e. The molecule has 1 aliphatic heterocycles. The number of anilines is 1. The Bertz CT molecular complexity index is 932. The third-order valence-corrected chi connectivity index (χ3v) is 6.08. The third kappa shape index (κ3) is 4.02. The summed E-state index contributed by atoms with van der Waals surface area (Å²) < 4.78 is 42.7. The van der Waals surface area contributed by atoms with E-state index in [-0.39, 0.29) is 17.0 Å². The van der Waals surface area contributed by atoms with Crippen LogP contribution in [0.5, 0.6) is 0 Å². The zero-order valence-corrected chi connectivity index (χ0v) is 15.3. The molecule has 15 nitrogen and oxygen atoms in total. The summed E-state index contributed by atoms with van der Waals surface area (Å²) in [7, 11) is -9.28. The first kappa shape index (κ1) is 20.2. The summed E-state index contributed by atoms with van der Waals surface area (Å²) in [6.45, 7) is 0. The van der Waals surface area contributed by atoms with Gasteiger partial charge in [0.1, 0.15) is 24.1 Å². The van der Waals surface area contributed by atoms with Gasteiger partial charge in [-0.15, -0.1) is 0 Å². The first-order valence-electron chi connectivity index (χ1n) is 7.10. The van der Waals surface area contributed by atoms with Crippen molar-refractivity contribution in [1.82, 2.24) is 19.5 Å². The number of fused-ring (bicyclic) bond motifs is 1. The van der Waals surface area contributed by atoms with Gasteiger partial charge in [-0.25, -0.2) is 24.1 Å². The Balaban J connectivity index is 1.86. The van der Waals surface area contributed by atoms with E-state index in [1.165, 1.54) is 10.9 Å². The predicted octanol–water partition coefficient (Wildman–Crippen LogP) is -1.13. The number of aromatic nitrogens is 4. The molecule has 1 aliphatic rings. The Labute approximate surface area is 150 Å². The Morgan fingerprint density at radius 1 is 1.22 bits per heavy atom. The molecule has 0 aromatic carbocycles. The molecule has 3 heterocycles. The second-order valence-electron chi connectivity index (χ2n) is 5.27. The van der Waals surface area contributed by atoms with Crippen LogP contribution in [-0.4, -0.2) is 65.1 Å². The number of nitrogens with zero attached hydrogens (tertiary/aromatic N) is 4. The van der Waals surface area contributed by atoms with E-state index in [0.717, 1.165) is 13.4 Å². The number of phosphoric ester groups is 1. The topological polar surface area (TPSA) is 222 Å². The molecule has 3 rings (SSSR count). The van der Waals surface area contributed by atoms with Crippen molar-refractivity contribution in [2.45, 2.75) is 24.7 Å². The van der Waals surface area contributed by atoms with Crippen molar-refractivity contribution in [3.8, 4) is 0 Å². The summed E-state index contributed by atoms with van der Waals surface area (Å²) in [6.07, 6.45) is -4.18. The highest BCUT2D eigenvalue weighted by atomic mass is 31.3. The molecule has 0 saturated carbocycles. The zero-order chi connectivity index (χ0) is 20.0. The lowest BCUT2D eigenvalue weighted by molar-refractivity contribution is -0.134. The van der Waals surface area contributed by atoms with Crippen molar-refractivity contribution >= 4 is 32.6 Å². The minimum absolute atomic E-state index is 0.0681. The molecule has 27 heavy (non-hydrogen) atoms. The number of hydrogen-bond donors (Lipinski definition) is 5. The molecule has 0 aliphatic carbocycles. The number of ether oxygens (including phenoxy) is 1. The van der Waals surface area contributed by atoms with Gasteiger partial charge in [0.25, 0.3) is 0 Å². The number of aliphatic hydroxyl groups is 2. The van der Waals surface area contributed by atoms with E-state index in [1.54, 1.807) is 0 Å². The molecule has 2 aromatic heterocycles. The monoisotopic (exact) mass is 427 g/mol. The SMILES string of the molecule is COP(=O)(O[C@H]1O[C@@H](n2cnc3c(N)ncnc32)[C@H](O)[C@@H]1O)OP(=O)(O)O. The zero-order valence-electron chi connectivity index (χ0n) is 13.5. The maximum absolute atomic E-state index is 12.2. The van der Waals surface area contributed by atoms with E-state index >= 15 is 0 Å². The van der Waals surface area contributed by atoms with Crippen molar-refractivity contribution in [3.63, 3.8) is 0 Å². The van der Waals surface area contributed by atoms with Crippen LogP contribution < -0.4 is 5.73 Å². The fourth-order valence-corrected chi connectivity index (χ4v) is 4.33. The van der Waals surface area contributed by atoms with Crippen molar-refractivity contribution in [2.24, 2.45) is 0 Å². The summed E-state index contributed by atoms with van der Waals surface area (Å²) in [5.74, 6) is 0.0681. The van der Waals surface area contributed by atoms with Crippen LogP contribution >= 0.6 is 15.6 Å². The van der Waals surface area contributed by atoms with Crippen LogP contribution in [0.1, 0.15) is 6.23 Å². The number of rotatable bonds is 6. The number of aliphatic hydroxyl groups excluding tert-OH is 2. The Morgan fingerprint density at radius 3 is 2.56 bits per heavy atom. The highest BCUT2D eigenvalue weighted by Crippen LogP contribution is 2.62. The maximum Gasteiger partial charge on any atom is 0.485 e. The smallest absolute Gasteiger partial charge is 0.385 e. The van der Waals surface area contributed by atoms with Crippen LogP contribution in [0.3, 0.4) is 0 Å². The maximum atomic E-state index is 12.2. The normalized spacial score (nSPS) is 28.5. The van der Waals surface area contributed by atoms with Crippen molar-refractivity contribution in [1.29, 1.82) is 0 Å².